The molecule has 5 nitrogen and oxygen atoms in total. The van der Waals surface area contributed by atoms with Crippen molar-refractivity contribution in [2.75, 3.05) is 5.43 Å². The van der Waals surface area contributed by atoms with Crippen LogP contribution in [-0.2, 0) is 0 Å². The molecule has 0 amide bonds. The minimum atomic E-state index is -0.393. The number of aromatic nitrogens is 3. The summed E-state index contributed by atoms with van der Waals surface area (Å²) in [4.78, 5) is 12.5. The van der Waals surface area contributed by atoms with Crippen molar-refractivity contribution >= 4 is 5.82 Å². The zero-order valence-corrected chi connectivity index (χ0v) is 10.2. The molecule has 0 aromatic carbocycles. The lowest BCUT2D eigenvalue weighted by Gasteiger charge is -2.09. The Hall–Kier alpha value is -2.08. The molecule has 3 N–H and O–H groups in total. The summed E-state index contributed by atoms with van der Waals surface area (Å²) < 4.78 is 12.8. The Labute approximate surface area is 104 Å². The van der Waals surface area contributed by atoms with Crippen molar-refractivity contribution < 1.29 is 4.39 Å². The molecule has 0 saturated carbocycles. The van der Waals surface area contributed by atoms with Crippen LogP contribution in [0.4, 0.5) is 10.2 Å². The summed E-state index contributed by atoms with van der Waals surface area (Å²) in [6.07, 6.45) is 1.14. The standard InChI is InChI=1S/C12H14FN5/c1-7(2)10-5-11(18-14)17-12(16-10)9-4-3-8(13)6-15-9/h3-7H,14H2,1-2H3,(H,16,17,18). The first-order valence-electron chi connectivity index (χ1n) is 5.57. The van der Waals surface area contributed by atoms with Crippen LogP contribution < -0.4 is 11.3 Å². The van der Waals surface area contributed by atoms with E-state index in [1.165, 1.54) is 12.1 Å². The molecule has 0 unspecified atom stereocenters. The quantitative estimate of drug-likeness (QED) is 0.641. The fourth-order valence-corrected chi connectivity index (χ4v) is 1.46. The number of nitrogens with two attached hydrogens (primary N) is 1. The molecule has 0 aliphatic carbocycles. The Bertz CT molecular complexity index is 539. The third-order valence-corrected chi connectivity index (χ3v) is 2.44. The molecule has 18 heavy (non-hydrogen) atoms. The molecule has 0 spiro atoms. The monoisotopic (exact) mass is 247 g/mol. The molecule has 0 bridgehead atoms. The predicted octanol–water partition coefficient (Wildman–Crippen LogP) is 2.09. The SMILES string of the molecule is CC(C)c1cc(NN)nc(-c2ccc(F)cn2)n1. The minimum Gasteiger partial charge on any atom is -0.308 e. The average molecular weight is 247 g/mol. The number of hydrogen-bond acceptors (Lipinski definition) is 5. The Morgan fingerprint density at radius 3 is 2.61 bits per heavy atom. The first-order valence-corrected chi connectivity index (χ1v) is 5.57. The van der Waals surface area contributed by atoms with Crippen molar-refractivity contribution in [3.8, 4) is 11.5 Å². The van der Waals surface area contributed by atoms with Crippen LogP contribution in [0.2, 0.25) is 0 Å². The van der Waals surface area contributed by atoms with Gasteiger partial charge in [0.25, 0.3) is 0 Å². The van der Waals surface area contributed by atoms with Crippen molar-refractivity contribution in [3.63, 3.8) is 0 Å². The second-order valence-corrected chi connectivity index (χ2v) is 4.16. The molecule has 94 valence electrons. The minimum absolute atomic E-state index is 0.235. The Kier molecular flexibility index (Phi) is 3.47. The summed E-state index contributed by atoms with van der Waals surface area (Å²) in [5.74, 6) is 6.15. The Balaban J connectivity index is 2.49. The number of hydrogen-bond donors (Lipinski definition) is 2. The van der Waals surface area contributed by atoms with Gasteiger partial charge in [0.05, 0.1) is 6.20 Å². The molecular formula is C12H14FN5. The van der Waals surface area contributed by atoms with Gasteiger partial charge in [-0.3, -0.25) is 0 Å². The largest absolute Gasteiger partial charge is 0.308 e. The van der Waals surface area contributed by atoms with E-state index in [-0.39, 0.29) is 5.92 Å². The maximum absolute atomic E-state index is 12.8. The van der Waals surface area contributed by atoms with E-state index in [0.717, 1.165) is 11.9 Å². The molecule has 6 heteroatoms. The van der Waals surface area contributed by atoms with E-state index in [9.17, 15) is 4.39 Å². The number of halogens is 1. The number of nitrogen functional groups attached to an aromatic ring is 1. The molecule has 0 atom stereocenters. The number of anilines is 1. The molecule has 2 aromatic heterocycles. The van der Waals surface area contributed by atoms with Gasteiger partial charge >= 0.3 is 0 Å². The third-order valence-electron chi connectivity index (χ3n) is 2.44. The lowest BCUT2D eigenvalue weighted by Crippen LogP contribution is -2.11. The molecule has 2 aromatic rings. The van der Waals surface area contributed by atoms with Gasteiger partial charge in [0.2, 0.25) is 0 Å². The maximum Gasteiger partial charge on any atom is 0.180 e. The van der Waals surface area contributed by atoms with Crippen LogP contribution in [0.1, 0.15) is 25.5 Å². The van der Waals surface area contributed by atoms with Gasteiger partial charge in [0.15, 0.2) is 5.82 Å². The maximum atomic E-state index is 12.8. The molecule has 2 rings (SSSR count). The van der Waals surface area contributed by atoms with Gasteiger partial charge in [0, 0.05) is 11.8 Å². The highest BCUT2D eigenvalue weighted by Crippen LogP contribution is 2.20. The van der Waals surface area contributed by atoms with Crippen LogP contribution in [0, 0.1) is 5.82 Å². The first kappa shape index (κ1) is 12.4. The zero-order valence-electron chi connectivity index (χ0n) is 10.2. The smallest absolute Gasteiger partial charge is 0.180 e. The van der Waals surface area contributed by atoms with E-state index < -0.39 is 5.82 Å². The Morgan fingerprint density at radius 2 is 2.06 bits per heavy atom. The average Bonchev–Trinajstić information content (AvgIpc) is 2.39. The second-order valence-electron chi connectivity index (χ2n) is 4.16. The van der Waals surface area contributed by atoms with Crippen molar-refractivity contribution in [2.24, 2.45) is 5.84 Å². The summed E-state index contributed by atoms with van der Waals surface area (Å²) in [6, 6.07) is 4.63. The van der Waals surface area contributed by atoms with Crippen molar-refractivity contribution in [1.29, 1.82) is 0 Å². The number of pyridine rings is 1. The number of rotatable bonds is 3. The highest BCUT2D eigenvalue weighted by Gasteiger charge is 2.10. The fraction of sp³-hybridized carbons (Fsp3) is 0.250. The third kappa shape index (κ3) is 2.60. The van der Waals surface area contributed by atoms with E-state index in [1.807, 2.05) is 13.8 Å². The van der Waals surface area contributed by atoms with Crippen LogP contribution >= 0.6 is 0 Å². The molecular weight excluding hydrogens is 233 g/mol. The van der Waals surface area contributed by atoms with E-state index in [0.29, 0.717) is 17.3 Å². The second kappa shape index (κ2) is 5.05. The normalized spacial score (nSPS) is 10.7. The number of nitrogens with one attached hydrogen (secondary N) is 1. The van der Waals surface area contributed by atoms with Crippen LogP contribution in [0.3, 0.4) is 0 Å². The van der Waals surface area contributed by atoms with Gasteiger partial charge in [-0.15, -0.1) is 0 Å². The van der Waals surface area contributed by atoms with Crippen molar-refractivity contribution in [1.82, 2.24) is 15.0 Å². The highest BCUT2D eigenvalue weighted by atomic mass is 19.1. The lowest BCUT2D eigenvalue weighted by atomic mass is 10.1. The number of nitrogens with zero attached hydrogens (tertiary/aromatic N) is 3. The molecule has 0 saturated heterocycles. The molecule has 2 heterocycles. The van der Waals surface area contributed by atoms with Crippen LogP contribution in [0.25, 0.3) is 11.5 Å². The fourth-order valence-electron chi connectivity index (χ4n) is 1.46. The summed E-state index contributed by atoms with van der Waals surface area (Å²) in [5.41, 5.74) is 3.85. The van der Waals surface area contributed by atoms with Gasteiger partial charge < -0.3 is 5.43 Å². The van der Waals surface area contributed by atoms with E-state index in [1.54, 1.807) is 6.07 Å². The predicted molar refractivity (Wildman–Crippen MR) is 67.1 cm³/mol. The molecule has 0 fully saturated rings. The summed E-state index contributed by atoms with van der Waals surface area (Å²) in [6.45, 7) is 4.04. The van der Waals surface area contributed by atoms with Crippen molar-refractivity contribution in [2.45, 2.75) is 19.8 Å². The van der Waals surface area contributed by atoms with Crippen LogP contribution in [0.5, 0.6) is 0 Å². The van der Waals surface area contributed by atoms with E-state index >= 15 is 0 Å². The van der Waals surface area contributed by atoms with Gasteiger partial charge in [0.1, 0.15) is 17.3 Å². The summed E-state index contributed by atoms with van der Waals surface area (Å²) in [5, 5.41) is 0. The van der Waals surface area contributed by atoms with Crippen molar-refractivity contribution in [3.05, 3.63) is 35.9 Å². The van der Waals surface area contributed by atoms with Gasteiger partial charge in [-0.2, -0.15) is 0 Å². The highest BCUT2D eigenvalue weighted by molar-refractivity contribution is 5.52. The summed E-state index contributed by atoms with van der Waals surface area (Å²) in [7, 11) is 0. The summed E-state index contributed by atoms with van der Waals surface area (Å²) >= 11 is 0. The first-order chi connectivity index (χ1) is 8.60. The van der Waals surface area contributed by atoms with E-state index in [2.05, 4.69) is 20.4 Å². The molecule has 0 aliphatic heterocycles. The zero-order chi connectivity index (χ0) is 13.1. The van der Waals surface area contributed by atoms with Gasteiger partial charge in [-0.25, -0.2) is 25.2 Å². The van der Waals surface area contributed by atoms with Crippen LogP contribution in [0.15, 0.2) is 24.4 Å². The lowest BCUT2D eigenvalue weighted by molar-refractivity contribution is 0.621. The number of hydrazine groups is 1. The molecule has 0 aliphatic rings. The topological polar surface area (TPSA) is 76.7 Å². The van der Waals surface area contributed by atoms with E-state index in [4.69, 9.17) is 5.84 Å². The van der Waals surface area contributed by atoms with Gasteiger partial charge in [-0.05, 0) is 18.1 Å². The Morgan fingerprint density at radius 1 is 1.28 bits per heavy atom. The molecule has 0 radical (unpaired) electrons. The van der Waals surface area contributed by atoms with Crippen LogP contribution in [-0.4, -0.2) is 15.0 Å². The van der Waals surface area contributed by atoms with Gasteiger partial charge in [-0.1, -0.05) is 13.8 Å².